The molecular formula is C20H22N4O. The third kappa shape index (κ3) is 4.17. The van der Waals surface area contributed by atoms with Gasteiger partial charge in [0.15, 0.2) is 0 Å². The fourth-order valence-electron chi connectivity index (χ4n) is 3.20. The van der Waals surface area contributed by atoms with Crippen LogP contribution in [0.3, 0.4) is 0 Å². The number of benzene rings is 2. The molecule has 0 bridgehead atoms. The van der Waals surface area contributed by atoms with Gasteiger partial charge in [-0.25, -0.2) is 0 Å². The van der Waals surface area contributed by atoms with Crippen molar-refractivity contribution in [3.63, 3.8) is 0 Å². The third-order valence-corrected chi connectivity index (χ3v) is 4.63. The Bertz CT molecular complexity index is 759. The SMILES string of the molecule is N#Cc1ccccc1N1CCN(CCC(=NO)c2ccccc2)CC1. The molecule has 1 aliphatic rings. The molecule has 1 aliphatic heterocycles. The van der Waals surface area contributed by atoms with Gasteiger partial charge in [0.1, 0.15) is 6.07 Å². The summed E-state index contributed by atoms with van der Waals surface area (Å²) in [4.78, 5) is 4.65. The molecule has 3 rings (SSSR count). The second-order valence-corrected chi connectivity index (χ2v) is 6.12. The van der Waals surface area contributed by atoms with Crippen molar-refractivity contribution < 1.29 is 5.21 Å². The highest BCUT2D eigenvalue weighted by molar-refractivity contribution is 6.00. The Kier molecular flexibility index (Phi) is 5.65. The minimum Gasteiger partial charge on any atom is -0.411 e. The van der Waals surface area contributed by atoms with E-state index >= 15 is 0 Å². The van der Waals surface area contributed by atoms with Gasteiger partial charge in [0.25, 0.3) is 0 Å². The predicted molar refractivity (Wildman–Crippen MR) is 99.2 cm³/mol. The summed E-state index contributed by atoms with van der Waals surface area (Å²) >= 11 is 0. The molecule has 0 saturated carbocycles. The van der Waals surface area contributed by atoms with E-state index in [4.69, 9.17) is 0 Å². The van der Waals surface area contributed by atoms with Crippen molar-refractivity contribution in [1.29, 1.82) is 5.26 Å². The lowest BCUT2D eigenvalue weighted by molar-refractivity contribution is 0.262. The molecule has 0 unspecified atom stereocenters. The summed E-state index contributed by atoms with van der Waals surface area (Å²) in [5.41, 5.74) is 3.44. The molecule has 1 saturated heterocycles. The van der Waals surface area contributed by atoms with E-state index in [0.29, 0.717) is 0 Å². The number of piperazine rings is 1. The number of nitrogens with zero attached hydrogens (tertiary/aromatic N) is 4. The van der Waals surface area contributed by atoms with E-state index in [-0.39, 0.29) is 0 Å². The molecule has 0 atom stereocenters. The predicted octanol–water partition coefficient (Wildman–Crippen LogP) is 2.95. The first-order valence-electron chi connectivity index (χ1n) is 8.54. The molecule has 5 heteroatoms. The molecule has 0 radical (unpaired) electrons. The van der Waals surface area contributed by atoms with Crippen molar-refractivity contribution in [3.8, 4) is 6.07 Å². The summed E-state index contributed by atoms with van der Waals surface area (Å²) in [6.45, 7) is 4.54. The van der Waals surface area contributed by atoms with Gasteiger partial charge >= 0.3 is 0 Å². The third-order valence-electron chi connectivity index (χ3n) is 4.63. The van der Waals surface area contributed by atoms with E-state index in [0.717, 1.165) is 61.7 Å². The van der Waals surface area contributed by atoms with Crippen LogP contribution in [0.1, 0.15) is 17.5 Å². The number of para-hydroxylation sites is 1. The summed E-state index contributed by atoms with van der Waals surface area (Å²) in [5.74, 6) is 0. The summed E-state index contributed by atoms with van der Waals surface area (Å²) in [7, 11) is 0. The standard InChI is InChI=1S/C20H22N4O/c21-16-18-8-4-5-9-20(18)24-14-12-23(13-15-24)11-10-19(22-25)17-6-2-1-3-7-17/h1-9,25H,10-15H2. The van der Waals surface area contributed by atoms with Crippen LogP contribution in [0.15, 0.2) is 59.8 Å². The Morgan fingerprint density at radius 3 is 2.36 bits per heavy atom. The zero-order chi connectivity index (χ0) is 17.5. The fraction of sp³-hybridized carbons (Fsp3) is 0.300. The maximum Gasteiger partial charge on any atom is 0.101 e. The molecule has 1 fully saturated rings. The van der Waals surface area contributed by atoms with Crippen LogP contribution in [0, 0.1) is 11.3 Å². The van der Waals surface area contributed by atoms with Crippen LogP contribution >= 0.6 is 0 Å². The molecule has 2 aromatic carbocycles. The maximum absolute atomic E-state index is 9.29. The van der Waals surface area contributed by atoms with Gasteiger partial charge in [-0.2, -0.15) is 5.26 Å². The Balaban J connectivity index is 1.54. The lowest BCUT2D eigenvalue weighted by atomic mass is 10.1. The van der Waals surface area contributed by atoms with Crippen molar-refractivity contribution in [2.45, 2.75) is 6.42 Å². The lowest BCUT2D eigenvalue weighted by Crippen LogP contribution is -2.47. The van der Waals surface area contributed by atoms with E-state index in [1.54, 1.807) is 0 Å². The topological polar surface area (TPSA) is 62.9 Å². The molecule has 0 aliphatic carbocycles. The molecule has 0 spiro atoms. The van der Waals surface area contributed by atoms with Gasteiger partial charge in [0, 0.05) is 39.1 Å². The largest absolute Gasteiger partial charge is 0.411 e. The zero-order valence-corrected chi connectivity index (χ0v) is 14.2. The van der Waals surface area contributed by atoms with Crippen molar-refractivity contribution >= 4 is 11.4 Å². The highest BCUT2D eigenvalue weighted by atomic mass is 16.4. The van der Waals surface area contributed by atoms with Gasteiger partial charge in [-0.1, -0.05) is 47.6 Å². The molecule has 0 aromatic heterocycles. The van der Waals surface area contributed by atoms with Crippen LogP contribution in [-0.4, -0.2) is 48.5 Å². The smallest absolute Gasteiger partial charge is 0.101 e. The van der Waals surface area contributed by atoms with Crippen molar-refractivity contribution in [2.75, 3.05) is 37.6 Å². The molecular weight excluding hydrogens is 312 g/mol. The number of oxime groups is 1. The highest BCUT2D eigenvalue weighted by Crippen LogP contribution is 2.21. The van der Waals surface area contributed by atoms with Crippen molar-refractivity contribution in [2.24, 2.45) is 5.16 Å². The normalized spacial score (nSPS) is 15.8. The summed E-state index contributed by atoms with van der Waals surface area (Å²) < 4.78 is 0. The average molecular weight is 334 g/mol. The number of hydrogen-bond donors (Lipinski definition) is 1. The van der Waals surface area contributed by atoms with E-state index in [1.165, 1.54) is 0 Å². The number of hydrogen-bond acceptors (Lipinski definition) is 5. The molecule has 0 amide bonds. The number of rotatable bonds is 5. The van der Waals surface area contributed by atoms with Crippen LogP contribution in [0.5, 0.6) is 0 Å². The van der Waals surface area contributed by atoms with E-state index in [2.05, 4.69) is 21.0 Å². The van der Waals surface area contributed by atoms with Crippen LogP contribution in [-0.2, 0) is 0 Å². The second kappa shape index (κ2) is 8.32. The van der Waals surface area contributed by atoms with Gasteiger partial charge in [-0.3, -0.25) is 4.90 Å². The Labute approximate surface area is 148 Å². The number of nitriles is 1. The van der Waals surface area contributed by atoms with Crippen LogP contribution in [0.2, 0.25) is 0 Å². The van der Waals surface area contributed by atoms with Gasteiger partial charge in [0.05, 0.1) is 17.0 Å². The van der Waals surface area contributed by atoms with Crippen molar-refractivity contribution in [3.05, 3.63) is 65.7 Å². The first-order valence-corrected chi connectivity index (χ1v) is 8.54. The number of anilines is 1. The summed E-state index contributed by atoms with van der Waals surface area (Å²) in [6.07, 6.45) is 0.718. The van der Waals surface area contributed by atoms with Gasteiger partial charge in [-0.15, -0.1) is 0 Å². The molecule has 128 valence electrons. The first kappa shape index (κ1) is 17.0. The fourth-order valence-corrected chi connectivity index (χ4v) is 3.20. The van der Waals surface area contributed by atoms with Gasteiger partial charge in [0.2, 0.25) is 0 Å². The Morgan fingerprint density at radius 1 is 1.00 bits per heavy atom. The average Bonchev–Trinajstić information content (AvgIpc) is 2.70. The quantitative estimate of drug-likeness (QED) is 0.519. The van der Waals surface area contributed by atoms with Crippen molar-refractivity contribution in [1.82, 2.24) is 4.90 Å². The minimum atomic E-state index is 0.718. The molecule has 25 heavy (non-hydrogen) atoms. The molecule has 2 aromatic rings. The Hall–Kier alpha value is -2.84. The summed E-state index contributed by atoms with van der Waals surface area (Å²) in [5, 5.41) is 22.0. The minimum absolute atomic E-state index is 0.718. The van der Waals surface area contributed by atoms with Crippen LogP contribution in [0.25, 0.3) is 0 Å². The molecule has 1 N–H and O–H groups in total. The highest BCUT2D eigenvalue weighted by Gasteiger charge is 2.19. The van der Waals surface area contributed by atoms with Crippen LogP contribution in [0.4, 0.5) is 5.69 Å². The zero-order valence-electron chi connectivity index (χ0n) is 14.2. The lowest BCUT2D eigenvalue weighted by Gasteiger charge is -2.36. The molecule has 5 nitrogen and oxygen atoms in total. The van der Waals surface area contributed by atoms with E-state index in [9.17, 15) is 10.5 Å². The van der Waals surface area contributed by atoms with Gasteiger partial charge in [-0.05, 0) is 17.7 Å². The van der Waals surface area contributed by atoms with Gasteiger partial charge < -0.3 is 10.1 Å². The van der Waals surface area contributed by atoms with E-state index in [1.807, 2.05) is 54.6 Å². The first-order chi connectivity index (χ1) is 12.3. The maximum atomic E-state index is 9.29. The van der Waals surface area contributed by atoms with E-state index < -0.39 is 0 Å². The summed E-state index contributed by atoms with van der Waals surface area (Å²) in [6, 6.07) is 19.8. The Morgan fingerprint density at radius 2 is 1.68 bits per heavy atom. The molecule has 1 heterocycles. The second-order valence-electron chi connectivity index (χ2n) is 6.12. The van der Waals surface area contributed by atoms with Crippen LogP contribution < -0.4 is 4.90 Å². The monoisotopic (exact) mass is 334 g/mol.